The van der Waals surface area contributed by atoms with Crippen molar-refractivity contribution in [1.29, 1.82) is 0 Å². The van der Waals surface area contributed by atoms with Gasteiger partial charge in [0.2, 0.25) is 0 Å². The van der Waals surface area contributed by atoms with Crippen LogP contribution in [0.2, 0.25) is 0 Å². The summed E-state index contributed by atoms with van der Waals surface area (Å²) in [5.41, 5.74) is 1.32. The molecule has 3 rings (SSSR count). The maximum atomic E-state index is 2.30. The molecule has 0 aliphatic heterocycles. The van der Waals surface area contributed by atoms with Gasteiger partial charge in [-0.1, -0.05) is 62.8 Å². The van der Waals surface area contributed by atoms with Crippen molar-refractivity contribution in [2.24, 2.45) is 0 Å². The predicted molar refractivity (Wildman–Crippen MR) is 76.6 cm³/mol. The molecule has 0 aliphatic rings. The van der Waals surface area contributed by atoms with Gasteiger partial charge in [0.1, 0.15) is 0 Å². The minimum atomic E-state index is 1.32. The van der Waals surface area contributed by atoms with Crippen molar-refractivity contribution in [3.63, 3.8) is 0 Å². The van der Waals surface area contributed by atoms with E-state index in [1.54, 1.807) is 0 Å². The van der Waals surface area contributed by atoms with Crippen LogP contribution in [0.3, 0.4) is 0 Å². The first-order chi connectivity index (χ1) is 8.34. The molecule has 0 atom stereocenters. The van der Waals surface area contributed by atoms with E-state index in [1.165, 1.54) is 35.1 Å². The van der Waals surface area contributed by atoms with Crippen LogP contribution in [0.1, 0.15) is 5.30 Å². The zero-order valence-corrected chi connectivity index (χ0v) is 10.6. The summed E-state index contributed by atoms with van der Waals surface area (Å²) < 4.78 is 0. The summed E-state index contributed by atoms with van der Waals surface area (Å²) in [4.78, 5) is 0. The Labute approximate surface area is 103 Å². The summed E-state index contributed by atoms with van der Waals surface area (Å²) in [6.45, 7) is 2.22. The number of aryl methyl sites for hydroxylation is 1. The van der Waals surface area contributed by atoms with Crippen molar-refractivity contribution in [3.8, 4) is 10.9 Å². The third-order valence-corrected chi connectivity index (χ3v) is 4.21. The van der Waals surface area contributed by atoms with Gasteiger partial charge >= 0.3 is 0 Å². The molecule has 82 valence electrons. The van der Waals surface area contributed by atoms with Crippen molar-refractivity contribution in [3.05, 3.63) is 66.0 Å². The minimum absolute atomic E-state index is 1.32. The number of benzene rings is 2. The number of fused-ring (bicyclic) bond motifs is 1. The van der Waals surface area contributed by atoms with E-state index in [1.807, 2.05) is 0 Å². The van der Waals surface area contributed by atoms with Gasteiger partial charge in [-0.05, 0) is 34.6 Å². The Kier molecular flexibility index (Phi) is 2.66. The topological polar surface area (TPSA) is 0 Å². The number of hydrogen-bond acceptors (Lipinski definition) is 0. The molecule has 0 saturated carbocycles. The van der Waals surface area contributed by atoms with Crippen molar-refractivity contribution < 1.29 is 0 Å². The molecule has 0 N–H and O–H groups in total. The number of rotatable bonds is 1. The molecule has 0 radical (unpaired) electrons. The van der Waals surface area contributed by atoms with Crippen LogP contribution in [0.4, 0.5) is 0 Å². The van der Waals surface area contributed by atoms with E-state index < -0.39 is 0 Å². The smallest absolute Gasteiger partial charge is 0.00991 e. The maximum absolute atomic E-state index is 2.30. The Balaban J connectivity index is 2.26. The van der Waals surface area contributed by atoms with Gasteiger partial charge in [0.05, 0.1) is 0 Å². The van der Waals surface area contributed by atoms with Gasteiger partial charge in [-0.15, -0.1) is 0 Å². The summed E-state index contributed by atoms with van der Waals surface area (Å²) in [6, 6.07) is 21.5. The van der Waals surface area contributed by atoms with E-state index in [0.717, 1.165) is 0 Å². The second kappa shape index (κ2) is 4.31. The summed E-state index contributed by atoms with van der Waals surface area (Å²) in [5.74, 6) is 0. The minimum Gasteiger partial charge on any atom is -0.0639 e. The molecule has 1 aromatic heterocycles. The summed E-state index contributed by atoms with van der Waals surface area (Å²) >= 11 is 0. The van der Waals surface area contributed by atoms with Crippen LogP contribution in [0.5, 0.6) is 0 Å². The van der Waals surface area contributed by atoms with Crippen LogP contribution >= 0.6 is 8.19 Å². The van der Waals surface area contributed by atoms with E-state index in [0.29, 0.717) is 0 Å². The second-order valence-electron chi connectivity index (χ2n) is 4.18. The van der Waals surface area contributed by atoms with E-state index in [4.69, 9.17) is 0 Å². The monoisotopic (exact) mass is 236 g/mol. The fraction of sp³-hybridized carbons (Fsp3) is 0.0625. The SMILES string of the molecule is Cc1pc(-c2ccccc2)cc2ccccc12. The second-order valence-corrected chi connectivity index (χ2v) is 5.56. The number of hydrogen-bond donors (Lipinski definition) is 0. The molecule has 3 aromatic rings. The van der Waals surface area contributed by atoms with Gasteiger partial charge in [0, 0.05) is 5.30 Å². The first-order valence-electron chi connectivity index (χ1n) is 5.76. The molecule has 0 aliphatic carbocycles. The lowest BCUT2D eigenvalue weighted by Gasteiger charge is -2.06. The molecule has 0 spiro atoms. The van der Waals surface area contributed by atoms with Crippen molar-refractivity contribution in [2.75, 3.05) is 0 Å². The van der Waals surface area contributed by atoms with Gasteiger partial charge in [0.15, 0.2) is 0 Å². The quantitative estimate of drug-likeness (QED) is 0.531. The fourth-order valence-electron chi connectivity index (χ4n) is 2.13. The molecule has 1 heterocycles. The lowest BCUT2D eigenvalue weighted by molar-refractivity contribution is 1.65. The highest BCUT2D eigenvalue weighted by Gasteiger charge is 2.02. The Bertz CT molecular complexity index is 657. The maximum Gasteiger partial charge on any atom is 0.00991 e. The molecule has 1 heteroatoms. The molecule has 0 amide bonds. The van der Waals surface area contributed by atoms with Gasteiger partial charge < -0.3 is 0 Å². The Morgan fingerprint density at radius 2 is 1.53 bits per heavy atom. The first-order valence-corrected chi connectivity index (χ1v) is 6.66. The van der Waals surface area contributed by atoms with Crippen LogP contribution in [0.15, 0.2) is 60.7 Å². The van der Waals surface area contributed by atoms with Crippen LogP contribution in [0, 0.1) is 6.92 Å². The molecular weight excluding hydrogens is 223 g/mol. The zero-order chi connectivity index (χ0) is 11.7. The van der Waals surface area contributed by atoms with Crippen LogP contribution in [0.25, 0.3) is 21.6 Å². The highest BCUT2D eigenvalue weighted by Crippen LogP contribution is 2.35. The average molecular weight is 236 g/mol. The van der Waals surface area contributed by atoms with Gasteiger partial charge in [-0.25, -0.2) is 0 Å². The molecule has 0 unspecified atom stereocenters. The molecule has 2 aromatic carbocycles. The van der Waals surface area contributed by atoms with Crippen molar-refractivity contribution in [1.82, 2.24) is 0 Å². The highest BCUT2D eigenvalue weighted by molar-refractivity contribution is 7.35. The highest BCUT2D eigenvalue weighted by atomic mass is 31.0. The summed E-state index contributed by atoms with van der Waals surface area (Å²) in [5, 5.41) is 5.54. The largest absolute Gasteiger partial charge is 0.0639 e. The van der Waals surface area contributed by atoms with E-state index in [-0.39, 0.29) is 0 Å². The lowest BCUT2D eigenvalue weighted by atomic mass is 10.1. The van der Waals surface area contributed by atoms with Gasteiger partial charge in [-0.2, -0.15) is 0 Å². The Morgan fingerprint density at radius 1 is 0.824 bits per heavy atom. The average Bonchev–Trinajstić information content (AvgIpc) is 2.40. The van der Waals surface area contributed by atoms with Crippen molar-refractivity contribution in [2.45, 2.75) is 6.92 Å². The van der Waals surface area contributed by atoms with E-state index in [9.17, 15) is 0 Å². The summed E-state index contributed by atoms with van der Waals surface area (Å²) in [7, 11) is 1.32. The van der Waals surface area contributed by atoms with Crippen LogP contribution < -0.4 is 0 Å². The lowest BCUT2D eigenvalue weighted by Crippen LogP contribution is -1.78. The standard InChI is InChI=1S/C16H13P/c1-12-15-10-6-5-9-14(15)11-16(17-12)13-7-3-2-4-8-13/h2-11H,1H3. The normalized spacial score (nSPS) is 11.1. The van der Waals surface area contributed by atoms with Crippen molar-refractivity contribution >= 4 is 19.0 Å². The first kappa shape index (κ1) is 10.5. The molecule has 0 bridgehead atoms. The third-order valence-electron chi connectivity index (χ3n) is 3.00. The van der Waals surface area contributed by atoms with Crippen LogP contribution in [-0.4, -0.2) is 0 Å². The van der Waals surface area contributed by atoms with E-state index >= 15 is 0 Å². The molecule has 0 fully saturated rings. The summed E-state index contributed by atoms with van der Waals surface area (Å²) in [6.07, 6.45) is 0. The van der Waals surface area contributed by atoms with Crippen LogP contribution in [-0.2, 0) is 0 Å². The molecule has 0 nitrogen and oxygen atoms in total. The predicted octanol–water partition coefficient (Wildman–Crippen LogP) is 5.40. The van der Waals surface area contributed by atoms with Gasteiger partial charge in [-0.3, -0.25) is 0 Å². The van der Waals surface area contributed by atoms with E-state index in [2.05, 4.69) is 67.6 Å². The Hall–Kier alpha value is -1.65. The zero-order valence-electron chi connectivity index (χ0n) is 9.72. The fourth-order valence-corrected chi connectivity index (χ4v) is 3.30. The third kappa shape index (κ3) is 1.97. The Morgan fingerprint density at radius 3 is 2.35 bits per heavy atom. The molecule has 17 heavy (non-hydrogen) atoms. The molecule has 0 saturated heterocycles. The van der Waals surface area contributed by atoms with Gasteiger partial charge in [0.25, 0.3) is 0 Å². The molecular formula is C16H13P.